The second-order valence-electron chi connectivity index (χ2n) is 6.93. The summed E-state index contributed by atoms with van der Waals surface area (Å²) in [6, 6.07) is 8.79. The molecule has 9 nitrogen and oxygen atoms in total. The first-order chi connectivity index (χ1) is 13.9. The molecule has 152 valence electrons. The number of sulfone groups is 1. The summed E-state index contributed by atoms with van der Waals surface area (Å²) < 4.78 is 34.0. The molecular weight excluding hydrogens is 398 g/mol. The van der Waals surface area contributed by atoms with Crippen LogP contribution in [0.1, 0.15) is 25.0 Å². The molecule has 2 aromatic rings. The Hall–Kier alpha value is -3.01. The number of carbonyl (C=O) groups excluding carboxylic acids is 2. The van der Waals surface area contributed by atoms with Crippen molar-refractivity contribution in [2.24, 2.45) is 5.10 Å². The van der Waals surface area contributed by atoms with E-state index in [1.54, 1.807) is 0 Å². The molecule has 0 unspecified atom stereocenters. The molecule has 1 aromatic heterocycles. The average molecular weight is 417 g/mol. The fourth-order valence-corrected chi connectivity index (χ4v) is 4.97. The van der Waals surface area contributed by atoms with E-state index in [4.69, 9.17) is 9.15 Å². The zero-order valence-corrected chi connectivity index (χ0v) is 16.3. The van der Waals surface area contributed by atoms with E-state index in [1.807, 2.05) is 30.3 Å². The van der Waals surface area contributed by atoms with E-state index in [9.17, 15) is 18.0 Å². The fourth-order valence-electron chi connectivity index (χ4n) is 3.28. The van der Waals surface area contributed by atoms with Crippen LogP contribution in [0, 0.1) is 0 Å². The molecule has 0 spiro atoms. The SMILES string of the molecule is O=C(OCc1coc(-c2ccccc2)n1)C1=NN([C@H]2CCS(=O)(=O)C2)C(=O)CC1. The number of amides is 1. The summed E-state index contributed by atoms with van der Waals surface area (Å²) in [7, 11) is -3.17. The van der Waals surface area contributed by atoms with Crippen LogP contribution in [-0.4, -0.2) is 53.5 Å². The van der Waals surface area contributed by atoms with Gasteiger partial charge in [0.15, 0.2) is 9.84 Å². The van der Waals surface area contributed by atoms with E-state index in [0.717, 1.165) is 10.6 Å². The summed E-state index contributed by atoms with van der Waals surface area (Å²) in [5.41, 5.74) is 1.35. The van der Waals surface area contributed by atoms with Gasteiger partial charge in [-0.2, -0.15) is 5.10 Å². The van der Waals surface area contributed by atoms with E-state index in [2.05, 4.69) is 10.1 Å². The number of hydrazone groups is 1. The van der Waals surface area contributed by atoms with Crippen molar-refractivity contribution in [1.29, 1.82) is 0 Å². The first-order valence-corrected chi connectivity index (χ1v) is 11.0. The largest absolute Gasteiger partial charge is 0.455 e. The predicted octanol–water partition coefficient (Wildman–Crippen LogP) is 1.55. The average Bonchev–Trinajstić information content (AvgIpc) is 3.33. The van der Waals surface area contributed by atoms with Crippen LogP contribution in [0.25, 0.3) is 11.5 Å². The first-order valence-electron chi connectivity index (χ1n) is 9.18. The summed E-state index contributed by atoms with van der Waals surface area (Å²) in [6.07, 6.45) is 1.98. The summed E-state index contributed by atoms with van der Waals surface area (Å²) in [6.45, 7) is -0.0973. The molecule has 0 bridgehead atoms. The molecule has 1 aromatic carbocycles. The number of aromatic nitrogens is 1. The Morgan fingerprint density at radius 2 is 2.03 bits per heavy atom. The van der Waals surface area contributed by atoms with Crippen molar-refractivity contribution in [2.45, 2.75) is 31.9 Å². The highest BCUT2D eigenvalue weighted by Gasteiger charge is 2.37. The third-order valence-corrected chi connectivity index (χ3v) is 6.52. The quantitative estimate of drug-likeness (QED) is 0.677. The molecule has 2 aliphatic heterocycles. The number of benzene rings is 1. The Bertz CT molecular complexity index is 1060. The molecule has 1 saturated heterocycles. The van der Waals surface area contributed by atoms with E-state index in [1.165, 1.54) is 6.26 Å². The molecule has 0 N–H and O–H groups in total. The van der Waals surface area contributed by atoms with Crippen molar-refractivity contribution in [3.05, 3.63) is 42.3 Å². The van der Waals surface area contributed by atoms with Crippen LogP contribution in [0.3, 0.4) is 0 Å². The number of rotatable bonds is 5. The summed E-state index contributed by atoms with van der Waals surface area (Å²) in [5, 5.41) is 5.23. The number of hydrogen-bond acceptors (Lipinski definition) is 8. The van der Waals surface area contributed by atoms with Crippen molar-refractivity contribution in [2.75, 3.05) is 11.5 Å². The minimum Gasteiger partial charge on any atom is -0.455 e. The minimum absolute atomic E-state index is 0.0205. The lowest BCUT2D eigenvalue weighted by molar-refractivity contribution is -0.138. The number of nitrogens with zero attached hydrogens (tertiary/aromatic N) is 3. The van der Waals surface area contributed by atoms with Crippen LogP contribution < -0.4 is 0 Å². The van der Waals surface area contributed by atoms with Crippen LogP contribution in [-0.2, 0) is 30.8 Å². The minimum atomic E-state index is -3.17. The molecule has 0 aliphatic carbocycles. The van der Waals surface area contributed by atoms with E-state index >= 15 is 0 Å². The third kappa shape index (κ3) is 4.37. The van der Waals surface area contributed by atoms with Crippen molar-refractivity contribution in [3.8, 4) is 11.5 Å². The van der Waals surface area contributed by atoms with Gasteiger partial charge in [0.05, 0.1) is 17.5 Å². The van der Waals surface area contributed by atoms with Crippen molar-refractivity contribution >= 4 is 27.4 Å². The maximum atomic E-state index is 12.4. The highest BCUT2D eigenvalue weighted by Crippen LogP contribution is 2.23. The molecule has 2 aliphatic rings. The molecule has 1 amide bonds. The van der Waals surface area contributed by atoms with Crippen LogP contribution in [0.4, 0.5) is 0 Å². The Labute approximate surface area is 167 Å². The number of esters is 1. The van der Waals surface area contributed by atoms with E-state index in [-0.39, 0.29) is 42.6 Å². The highest BCUT2D eigenvalue weighted by molar-refractivity contribution is 7.91. The van der Waals surface area contributed by atoms with Crippen LogP contribution in [0.15, 0.2) is 46.1 Å². The molecule has 1 atom stereocenters. The van der Waals surface area contributed by atoms with Gasteiger partial charge < -0.3 is 9.15 Å². The van der Waals surface area contributed by atoms with Gasteiger partial charge in [0.2, 0.25) is 11.8 Å². The molecule has 0 saturated carbocycles. The zero-order valence-electron chi connectivity index (χ0n) is 15.5. The maximum Gasteiger partial charge on any atom is 0.354 e. The number of carbonyl (C=O) groups is 2. The topological polar surface area (TPSA) is 119 Å². The van der Waals surface area contributed by atoms with Gasteiger partial charge in [-0.05, 0) is 18.6 Å². The smallest absolute Gasteiger partial charge is 0.354 e. The Kier molecular flexibility index (Phi) is 5.18. The third-order valence-electron chi connectivity index (χ3n) is 4.77. The summed E-state index contributed by atoms with van der Waals surface area (Å²) in [5.74, 6) is -0.635. The van der Waals surface area contributed by atoms with Crippen molar-refractivity contribution in [1.82, 2.24) is 9.99 Å². The first kappa shape index (κ1) is 19.3. The molecular formula is C19H19N3O6S. The standard InChI is InChI=1S/C19H19N3O6S/c23-17-7-6-16(21-22(17)15-8-9-29(25,26)12-15)19(24)28-11-14-10-27-18(20-14)13-4-2-1-3-5-13/h1-5,10,15H,6-9,11-12H2/t15-/m0/s1. The zero-order chi connectivity index (χ0) is 20.4. The van der Waals surface area contributed by atoms with Crippen molar-refractivity contribution < 1.29 is 27.2 Å². The molecule has 0 radical (unpaired) electrons. The summed E-state index contributed by atoms with van der Waals surface area (Å²) >= 11 is 0. The van der Waals surface area contributed by atoms with Gasteiger partial charge in [0.25, 0.3) is 0 Å². The lowest BCUT2D eigenvalue weighted by atomic mass is 10.1. The van der Waals surface area contributed by atoms with Gasteiger partial charge in [-0.15, -0.1) is 0 Å². The fraction of sp³-hybridized carbons (Fsp3) is 0.368. The van der Waals surface area contributed by atoms with E-state index < -0.39 is 21.8 Å². The number of oxazole rings is 1. The van der Waals surface area contributed by atoms with Crippen LogP contribution in [0.5, 0.6) is 0 Å². The molecule has 4 rings (SSSR count). The molecule has 3 heterocycles. The Balaban J connectivity index is 1.40. The maximum absolute atomic E-state index is 12.4. The van der Waals surface area contributed by atoms with Gasteiger partial charge in [0, 0.05) is 18.4 Å². The van der Waals surface area contributed by atoms with Gasteiger partial charge in [-0.1, -0.05) is 18.2 Å². The van der Waals surface area contributed by atoms with Gasteiger partial charge >= 0.3 is 5.97 Å². The van der Waals surface area contributed by atoms with E-state index in [0.29, 0.717) is 18.0 Å². The second kappa shape index (κ2) is 7.78. The Morgan fingerprint density at radius 1 is 1.24 bits per heavy atom. The van der Waals surface area contributed by atoms with Gasteiger partial charge in [0.1, 0.15) is 24.3 Å². The number of hydrogen-bond donors (Lipinski definition) is 0. The lowest BCUT2D eigenvalue weighted by Crippen LogP contribution is -2.42. The summed E-state index contributed by atoms with van der Waals surface area (Å²) in [4.78, 5) is 28.8. The predicted molar refractivity (Wildman–Crippen MR) is 102 cm³/mol. The lowest BCUT2D eigenvalue weighted by Gasteiger charge is -2.27. The second-order valence-corrected chi connectivity index (χ2v) is 9.16. The molecule has 10 heteroatoms. The molecule has 1 fully saturated rings. The van der Waals surface area contributed by atoms with Crippen LogP contribution in [0.2, 0.25) is 0 Å². The van der Waals surface area contributed by atoms with Gasteiger partial charge in [-0.3, -0.25) is 4.79 Å². The highest BCUT2D eigenvalue weighted by atomic mass is 32.2. The van der Waals surface area contributed by atoms with Crippen LogP contribution >= 0.6 is 0 Å². The van der Waals surface area contributed by atoms with Crippen molar-refractivity contribution in [3.63, 3.8) is 0 Å². The van der Waals surface area contributed by atoms with Gasteiger partial charge in [-0.25, -0.2) is 23.2 Å². The Morgan fingerprint density at radius 3 is 2.76 bits per heavy atom. The monoisotopic (exact) mass is 417 g/mol. The normalized spacial score (nSPS) is 21.1. The molecule has 29 heavy (non-hydrogen) atoms. The number of ether oxygens (including phenoxy) is 1.